The van der Waals surface area contributed by atoms with E-state index < -0.39 is 0 Å². The number of aryl methyl sites for hydroxylation is 2. The van der Waals surface area contributed by atoms with Gasteiger partial charge in [-0.2, -0.15) is 0 Å². The Kier molecular flexibility index (Phi) is 4.12. The number of hydrogen-bond donors (Lipinski definition) is 0. The van der Waals surface area contributed by atoms with Crippen LogP contribution in [0.15, 0.2) is 17.4 Å². The molecule has 1 aromatic heterocycles. The molecule has 0 bridgehead atoms. The second kappa shape index (κ2) is 5.80. The molecule has 0 N–H and O–H groups in total. The van der Waals surface area contributed by atoms with Crippen molar-refractivity contribution in [3.8, 4) is 0 Å². The minimum Gasteiger partial charge on any atom is -0.342 e. The lowest BCUT2D eigenvalue weighted by Gasteiger charge is -2.15. The fourth-order valence-electron chi connectivity index (χ4n) is 2.36. The number of hydrogen-bond acceptors (Lipinski definition) is 3. The Morgan fingerprint density at radius 1 is 1.67 bits per heavy atom. The number of aromatic nitrogens is 2. The topological polar surface area (TPSA) is 50.5 Å². The van der Waals surface area contributed by atoms with Crippen molar-refractivity contribution in [2.75, 3.05) is 20.1 Å². The van der Waals surface area contributed by atoms with Gasteiger partial charge in [0, 0.05) is 64.6 Å². The summed E-state index contributed by atoms with van der Waals surface area (Å²) < 4.78 is 1.96. The lowest BCUT2D eigenvalue weighted by Crippen LogP contribution is -2.29. The normalized spacial score (nSPS) is 19.9. The standard InChI is InChI=1S/C13H20N4O/c1-14-9-11-5-7-17(10-11)13(18)4-3-12-15-6-8-16(12)2/h6,8-9,11H,3-5,7,10H2,1-2H3. The fraction of sp³-hybridized carbons (Fsp3) is 0.615. The van der Waals surface area contributed by atoms with Crippen LogP contribution in [0.5, 0.6) is 0 Å². The molecule has 98 valence electrons. The first-order valence-electron chi connectivity index (χ1n) is 6.37. The number of aliphatic imine (C=N–C) groups is 1. The summed E-state index contributed by atoms with van der Waals surface area (Å²) in [6.07, 6.45) is 7.91. The van der Waals surface area contributed by atoms with Crippen LogP contribution in [0.1, 0.15) is 18.7 Å². The molecule has 2 heterocycles. The Bertz CT molecular complexity index is 438. The average molecular weight is 248 g/mol. The minimum absolute atomic E-state index is 0.227. The first kappa shape index (κ1) is 12.8. The highest BCUT2D eigenvalue weighted by molar-refractivity contribution is 5.77. The van der Waals surface area contributed by atoms with E-state index in [4.69, 9.17) is 0 Å². The number of imidazole rings is 1. The highest BCUT2D eigenvalue weighted by Crippen LogP contribution is 2.15. The van der Waals surface area contributed by atoms with Crippen LogP contribution in [0.2, 0.25) is 0 Å². The van der Waals surface area contributed by atoms with E-state index in [9.17, 15) is 4.79 Å². The van der Waals surface area contributed by atoms with Crippen LogP contribution in [0.4, 0.5) is 0 Å². The second-order valence-corrected chi connectivity index (χ2v) is 4.75. The summed E-state index contributed by atoms with van der Waals surface area (Å²) in [5.41, 5.74) is 0. The Hall–Kier alpha value is -1.65. The molecular formula is C13H20N4O. The molecule has 0 aliphatic carbocycles. The van der Waals surface area contributed by atoms with Gasteiger partial charge in [0.25, 0.3) is 0 Å². The summed E-state index contributed by atoms with van der Waals surface area (Å²) in [5.74, 6) is 1.63. The molecule has 1 fully saturated rings. The lowest BCUT2D eigenvalue weighted by atomic mass is 10.1. The van der Waals surface area contributed by atoms with Gasteiger partial charge in [-0.1, -0.05) is 0 Å². The van der Waals surface area contributed by atoms with E-state index in [0.29, 0.717) is 18.8 Å². The van der Waals surface area contributed by atoms with Gasteiger partial charge in [0.2, 0.25) is 5.91 Å². The van der Waals surface area contributed by atoms with Crippen LogP contribution in [-0.4, -0.2) is 46.7 Å². The van der Waals surface area contributed by atoms with Gasteiger partial charge in [0.1, 0.15) is 5.82 Å². The summed E-state index contributed by atoms with van der Waals surface area (Å²) in [5, 5.41) is 0. The number of rotatable bonds is 4. The third-order valence-corrected chi connectivity index (χ3v) is 3.42. The predicted octanol–water partition coefficient (Wildman–Crippen LogP) is 0.902. The molecule has 5 heteroatoms. The molecule has 2 rings (SSSR count). The molecule has 0 aromatic carbocycles. The van der Waals surface area contributed by atoms with Crippen LogP contribution in [0.25, 0.3) is 0 Å². The monoisotopic (exact) mass is 248 g/mol. The van der Waals surface area contributed by atoms with Gasteiger partial charge >= 0.3 is 0 Å². The molecule has 1 aliphatic rings. The van der Waals surface area contributed by atoms with Gasteiger partial charge < -0.3 is 14.5 Å². The number of carbonyl (C=O) groups excluding carboxylic acids is 1. The molecule has 1 aliphatic heterocycles. The summed E-state index contributed by atoms with van der Waals surface area (Å²) in [6.45, 7) is 1.67. The van der Waals surface area contributed by atoms with Gasteiger partial charge in [-0.05, 0) is 6.42 Å². The maximum Gasteiger partial charge on any atom is 0.223 e. The SMILES string of the molecule is CN=CC1CCN(C(=O)CCc2nccn2C)C1. The van der Waals surface area contributed by atoms with E-state index >= 15 is 0 Å². The third-order valence-electron chi connectivity index (χ3n) is 3.42. The smallest absolute Gasteiger partial charge is 0.223 e. The number of likely N-dealkylation sites (tertiary alicyclic amines) is 1. The van der Waals surface area contributed by atoms with Crippen molar-refractivity contribution >= 4 is 12.1 Å². The van der Waals surface area contributed by atoms with Crippen molar-refractivity contribution in [2.24, 2.45) is 18.0 Å². The van der Waals surface area contributed by atoms with Crippen LogP contribution < -0.4 is 0 Å². The van der Waals surface area contributed by atoms with Gasteiger partial charge in [-0.15, -0.1) is 0 Å². The van der Waals surface area contributed by atoms with E-state index in [1.807, 2.05) is 28.9 Å². The molecule has 18 heavy (non-hydrogen) atoms. The summed E-state index contributed by atoms with van der Waals surface area (Å²) in [7, 11) is 3.74. The maximum atomic E-state index is 12.0. The van der Waals surface area contributed by atoms with Crippen molar-refractivity contribution in [3.05, 3.63) is 18.2 Å². The van der Waals surface area contributed by atoms with Gasteiger partial charge in [0.05, 0.1) is 0 Å². The zero-order valence-electron chi connectivity index (χ0n) is 11.0. The van der Waals surface area contributed by atoms with Crippen LogP contribution in [0.3, 0.4) is 0 Å². The molecule has 1 aromatic rings. The van der Waals surface area contributed by atoms with Crippen molar-refractivity contribution < 1.29 is 4.79 Å². The van der Waals surface area contributed by atoms with Crippen molar-refractivity contribution in [2.45, 2.75) is 19.3 Å². The quantitative estimate of drug-likeness (QED) is 0.743. The molecule has 0 saturated carbocycles. The van der Waals surface area contributed by atoms with Crippen molar-refractivity contribution in [3.63, 3.8) is 0 Å². The molecule has 1 atom stereocenters. The molecule has 0 radical (unpaired) electrons. The van der Waals surface area contributed by atoms with Gasteiger partial charge in [-0.3, -0.25) is 4.79 Å². The highest BCUT2D eigenvalue weighted by Gasteiger charge is 2.24. The van der Waals surface area contributed by atoms with Crippen molar-refractivity contribution in [1.29, 1.82) is 0 Å². The number of amides is 1. The van der Waals surface area contributed by atoms with E-state index in [-0.39, 0.29) is 5.91 Å². The molecule has 1 unspecified atom stereocenters. The predicted molar refractivity (Wildman–Crippen MR) is 70.6 cm³/mol. The maximum absolute atomic E-state index is 12.0. The fourth-order valence-corrected chi connectivity index (χ4v) is 2.36. The van der Waals surface area contributed by atoms with Crippen molar-refractivity contribution in [1.82, 2.24) is 14.5 Å². The number of carbonyl (C=O) groups is 1. The Morgan fingerprint density at radius 3 is 3.17 bits per heavy atom. The lowest BCUT2D eigenvalue weighted by molar-refractivity contribution is -0.130. The van der Waals surface area contributed by atoms with E-state index in [2.05, 4.69) is 9.98 Å². The summed E-state index contributed by atoms with van der Waals surface area (Å²) in [6, 6.07) is 0. The Morgan fingerprint density at radius 2 is 2.50 bits per heavy atom. The zero-order chi connectivity index (χ0) is 13.0. The molecule has 0 spiro atoms. The molecule has 5 nitrogen and oxygen atoms in total. The molecule has 1 saturated heterocycles. The van der Waals surface area contributed by atoms with E-state index in [1.54, 1.807) is 13.2 Å². The minimum atomic E-state index is 0.227. The van der Waals surface area contributed by atoms with Gasteiger partial charge in [0.15, 0.2) is 0 Å². The largest absolute Gasteiger partial charge is 0.342 e. The molecular weight excluding hydrogens is 228 g/mol. The first-order valence-corrected chi connectivity index (χ1v) is 6.37. The number of nitrogens with zero attached hydrogens (tertiary/aromatic N) is 4. The second-order valence-electron chi connectivity index (χ2n) is 4.75. The first-order chi connectivity index (χ1) is 8.70. The summed E-state index contributed by atoms with van der Waals surface area (Å²) >= 11 is 0. The highest BCUT2D eigenvalue weighted by atomic mass is 16.2. The Balaban J connectivity index is 1.81. The summed E-state index contributed by atoms with van der Waals surface area (Å²) in [4.78, 5) is 22.2. The molecule has 1 amide bonds. The average Bonchev–Trinajstić information content (AvgIpc) is 2.96. The van der Waals surface area contributed by atoms with Crippen LogP contribution in [-0.2, 0) is 18.3 Å². The third kappa shape index (κ3) is 2.97. The van der Waals surface area contributed by atoms with E-state index in [1.165, 1.54) is 0 Å². The van der Waals surface area contributed by atoms with Crippen LogP contribution in [0, 0.1) is 5.92 Å². The van der Waals surface area contributed by atoms with E-state index in [0.717, 1.165) is 25.3 Å². The van der Waals surface area contributed by atoms with Crippen LogP contribution >= 0.6 is 0 Å². The zero-order valence-corrected chi connectivity index (χ0v) is 11.0. The van der Waals surface area contributed by atoms with Gasteiger partial charge in [-0.25, -0.2) is 4.98 Å². The Labute approximate surface area is 108 Å².